The van der Waals surface area contributed by atoms with E-state index in [1.54, 1.807) is 32.0 Å². The zero-order valence-electron chi connectivity index (χ0n) is 12.7. The second-order valence-corrected chi connectivity index (χ2v) is 7.20. The van der Waals surface area contributed by atoms with Crippen LogP contribution in [-0.2, 0) is 4.79 Å². The van der Waals surface area contributed by atoms with Crippen LogP contribution in [0, 0.1) is 5.41 Å². The summed E-state index contributed by atoms with van der Waals surface area (Å²) >= 11 is 9.25. The van der Waals surface area contributed by atoms with Gasteiger partial charge in [-0.25, -0.2) is 0 Å². The van der Waals surface area contributed by atoms with Gasteiger partial charge in [0.1, 0.15) is 12.4 Å². The molecule has 0 saturated carbocycles. The quantitative estimate of drug-likeness (QED) is 0.705. The van der Waals surface area contributed by atoms with E-state index in [0.29, 0.717) is 23.9 Å². The van der Waals surface area contributed by atoms with Crippen LogP contribution < -0.4 is 10.1 Å². The number of rotatable bonds is 7. The minimum Gasteiger partial charge on any atom is -0.491 e. The van der Waals surface area contributed by atoms with Crippen LogP contribution in [0.3, 0.4) is 0 Å². The van der Waals surface area contributed by atoms with E-state index < -0.39 is 16.9 Å². The number of carboxylic acids is 1. The van der Waals surface area contributed by atoms with E-state index in [2.05, 4.69) is 21.2 Å². The van der Waals surface area contributed by atoms with Crippen molar-refractivity contribution < 1.29 is 14.6 Å². The molecule has 1 aromatic carbocycles. The maximum absolute atomic E-state index is 11.3. The third-order valence-electron chi connectivity index (χ3n) is 3.92. The molecule has 0 aliphatic carbocycles. The molecule has 1 aromatic rings. The Morgan fingerprint density at radius 2 is 2.00 bits per heavy atom. The van der Waals surface area contributed by atoms with Gasteiger partial charge in [0.2, 0.25) is 0 Å². The number of ether oxygens (including phenoxy) is 1. The van der Waals surface area contributed by atoms with Crippen LogP contribution in [0.1, 0.15) is 27.7 Å². The Morgan fingerprint density at radius 3 is 2.52 bits per heavy atom. The molecular formula is C15H21BrClNO3. The fraction of sp³-hybridized carbons (Fsp3) is 0.533. The Labute approximate surface area is 139 Å². The third-order valence-corrected chi connectivity index (χ3v) is 4.77. The van der Waals surface area contributed by atoms with Gasteiger partial charge >= 0.3 is 5.97 Å². The highest BCUT2D eigenvalue weighted by Crippen LogP contribution is 2.31. The minimum absolute atomic E-state index is 0.430. The molecule has 0 atom stereocenters. The first-order chi connectivity index (χ1) is 9.58. The second kappa shape index (κ2) is 6.99. The van der Waals surface area contributed by atoms with Crippen molar-refractivity contribution in [3.8, 4) is 5.75 Å². The summed E-state index contributed by atoms with van der Waals surface area (Å²) in [7, 11) is 0. The standard InChI is InChI=1S/C15H21BrClNO3/c1-14(2,13(19)20)15(3,4)18-7-8-21-12-6-5-10(17)9-11(12)16/h5-6,9,18H,7-8H2,1-4H3,(H,19,20). The zero-order chi connectivity index (χ0) is 16.3. The lowest BCUT2D eigenvalue weighted by atomic mass is 9.74. The molecule has 21 heavy (non-hydrogen) atoms. The van der Waals surface area contributed by atoms with Gasteiger partial charge < -0.3 is 15.2 Å². The van der Waals surface area contributed by atoms with Crippen LogP contribution in [-0.4, -0.2) is 29.8 Å². The highest BCUT2D eigenvalue weighted by atomic mass is 79.9. The molecule has 0 aromatic heterocycles. The lowest BCUT2D eigenvalue weighted by Crippen LogP contribution is -2.55. The Kier molecular flexibility index (Phi) is 6.08. The highest BCUT2D eigenvalue weighted by Gasteiger charge is 2.42. The van der Waals surface area contributed by atoms with Crippen molar-refractivity contribution in [1.82, 2.24) is 5.32 Å². The highest BCUT2D eigenvalue weighted by molar-refractivity contribution is 9.10. The van der Waals surface area contributed by atoms with Gasteiger partial charge in [-0.2, -0.15) is 0 Å². The normalized spacial score (nSPS) is 12.3. The van der Waals surface area contributed by atoms with Gasteiger partial charge in [-0.05, 0) is 61.8 Å². The minimum atomic E-state index is -0.881. The van der Waals surface area contributed by atoms with Gasteiger partial charge in [-0.1, -0.05) is 11.6 Å². The smallest absolute Gasteiger partial charge is 0.310 e. The second-order valence-electron chi connectivity index (χ2n) is 5.91. The Bertz CT molecular complexity index is 518. The Morgan fingerprint density at radius 1 is 1.38 bits per heavy atom. The van der Waals surface area contributed by atoms with Gasteiger partial charge in [0.15, 0.2) is 0 Å². The molecule has 118 valence electrons. The molecular weight excluding hydrogens is 358 g/mol. The molecule has 0 radical (unpaired) electrons. The SMILES string of the molecule is CC(C)(NCCOc1ccc(Cl)cc1Br)C(C)(C)C(=O)O. The van der Waals surface area contributed by atoms with E-state index in [-0.39, 0.29) is 0 Å². The average molecular weight is 379 g/mol. The van der Waals surface area contributed by atoms with Gasteiger partial charge in [0.25, 0.3) is 0 Å². The summed E-state index contributed by atoms with van der Waals surface area (Å²) in [5.41, 5.74) is -1.44. The summed E-state index contributed by atoms with van der Waals surface area (Å²) in [5, 5.41) is 13.2. The number of hydrogen-bond donors (Lipinski definition) is 2. The van der Waals surface area contributed by atoms with E-state index >= 15 is 0 Å². The maximum atomic E-state index is 11.3. The van der Waals surface area contributed by atoms with E-state index in [9.17, 15) is 9.90 Å². The van der Waals surface area contributed by atoms with Crippen molar-refractivity contribution >= 4 is 33.5 Å². The molecule has 0 fully saturated rings. The van der Waals surface area contributed by atoms with Gasteiger partial charge in [0, 0.05) is 17.1 Å². The molecule has 0 bridgehead atoms. The molecule has 0 spiro atoms. The van der Waals surface area contributed by atoms with Crippen LogP contribution in [0.5, 0.6) is 5.75 Å². The van der Waals surface area contributed by atoms with Gasteiger partial charge in [-0.3, -0.25) is 4.79 Å². The number of benzene rings is 1. The molecule has 0 saturated heterocycles. The summed E-state index contributed by atoms with van der Waals surface area (Å²) in [6.45, 7) is 8.13. The van der Waals surface area contributed by atoms with Gasteiger partial charge in [-0.15, -0.1) is 0 Å². The van der Waals surface area contributed by atoms with Crippen molar-refractivity contribution in [2.75, 3.05) is 13.2 Å². The molecule has 0 aliphatic heterocycles. The van der Waals surface area contributed by atoms with E-state index in [0.717, 1.165) is 4.47 Å². The number of halogens is 2. The van der Waals surface area contributed by atoms with Crippen molar-refractivity contribution in [2.45, 2.75) is 33.2 Å². The van der Waals surface area contributed by atoms with Crippen LogP contribution in [0.15, 0.2) is 22.7 Å². The van der Waals surface area contributed by atoms with Crippen molar-refractivity contribution in [1.29, 1.82) is 0 Å². The van der Waals surface area contributed by atoms with Crippen molar-refractivity contribution in [3.05, 3.63) is 27.7 Å². The first-order valence-electron chi connectivity index (χ1n) is 6.64. The average Bonchev–Trinajstić information content (AvgIpc) is 2.36. The maximum Gasteiger partial charge on any atom is 0.310 e. The zero-order valence-corrected chi connectivity index (χ0v) is 15.0. The Hall–Kier alpha value is -0.780. The van der Waals surface area contributed by atoms with Crippen LogP contribution >= 0.6 is 27.5 Å². The number of aliphatic carboxylic acids is 1. The number of nitrogens with one attached hydrogen (secondary N) is 1. The van der Waals surface area contributed by atoms with Crippen molar-refractivity contribution in [2.24, 2.45) is 5.41 Å². The van der Waals surface area contributed by atoms with Crippen molar-refractivity contribution in [3.63, 3.8) is 0 Å². The summed E-state index contributed by atoms with van der Waals surface area (Å²) < 4.78 is 6.44. The number of carboxylic acid groups (broad SMARTS) is 1. The number of hydrogen-bond acceptors (Lipinski definition) is 3. The number of carbonyl (C=O) groups is 1. The third kappa shape index (κ3) is 4.59. The van der Waals surface area contributed by atoms with Crippen LogP contribution in [0.25, 0.3) is 0 Å². The molecule has 0 amide bonds. The molecule has 4 nitrogen and oxygen atoms in total. The Balaban J connectivity index is 2.52. The topological polar surface area (TPSA) is 58.6 Å². The molecule has 2 N–H and O–H groups in total. The lowest BCUT2D eigenvalue weighted by molar-refractivity contribution is -0.151. The molecule has 0 unspecified atom stereocenters. The lowest BCUT2D eigenvalue weighted by Gasteiger charge is -2.39. The summed E-state index contributed by atoms with van der Waals surface area (Å²) in [6, 6.07) is 5.31. The largest absolute Gasteiger partial charge is 0.491 e. The fourth-order valence-electron chi connectivity index (χ4n) is 1.61. The molecule has 1 rings (SSSR count). The predicted octanol–water partition coefficient (Wildman–Crippen LogP) is 3.96. The first-order valence-corrected chi connectivity index (χ1v) is 7.81. The summed E-state index contributed by atoms with van der Waals surface area (Å²) in [4.78, 5) is 11.3. The molecule has 6 heteroatoms. The first kappa shape index (κ1) is 18.3. The summed E-state index contributed by atoms with van der Waals surface area (Å²) in [6.07, 6.45) is 0. The monoisotopic (exact) mass is 377 g/mol. The summed E-state index contributed by atoms with van der Waals surface area (Å²) in [5.74, 6) is -0.127. The van der Waals surface area contributed by atoms with E-state index in [1.165, 1.54) is 0 Å². The van der Waals surface area contributed by atoms with Gasteiger partial charge in [0.05, 0.1) is 9.89 Å². The molecule has 0 aliphatic rings. The molecule has 0 heterocycles. The van der Waals surface area contributed by atoms with E-state index in [1.807, 2.05) is 13.8 Å². The van der Waals surface area contributed by atoms with E-state index in [4.69, 9.17) is 16.3 Å². The fourth-order valence-corrected chi connectivity index (χ4v) is 2.40. The van der Waals surface area contributed by atoms with Crippen LogP contribution in [0.4, 0.5) is 0 Å². The van der Waals surface area contributed by atoms with Crippen LogP contribution in [0.2, 0.25) is 5.02 Å². The predicted molar refractivity (Wildman–Crippen MR) is 88.1 cm³/mol.